The standard InChI is InChI=1S/C25H28N4O4/c1-33-24(32)20-16-25(14-8-13-22(26)30,29-18-11-6-3-7-12-18)21(15-19(20)23(27)31)28-17-9-4-2-5-10-17/h2-7,9-12,15,28-29H,8,13-14,16H2,1H3,(H2,26,30)(H2,27,31). The van der Waals surface area contributed by atoms with Crippen molar-refractivity contribution < 1.29 is 19.1 Å². The molecule has 1 unspecified atom stereocenters. The molecule has 1 aliphatic rings. The number of methoxy groups -OCH3 is 1. The Labute approximate surface area is 192 Å². The molecule has 0 spiro atoms. The quantitative estimate of drug-likeness (QED) is 0.413. The van der Waals surface area contributed by atoms with Crippen molar-refractivity contribution in [3.63, 3.8) is 0 Å². The molecule has 172 valence electrons. The lowest BCUT2D eigenvalue weighted by Crippen LogP contribution is -2.47. The summed E-state index contributed by atoms with van der Waals surface area (Å²) in [5, 5.41) is 6.91. The van der Waals surface area contributed by atoms with Crippen LogP contribution in [-0.2, 0) is 19.1 Å². The number of nitrogens with one attached hydrogen (secondary N) is 2. The predicted octanol–water partition coefficient (Wildman–Crippen LogP) is 2.85. The normalized spacial score (nSPS) is 17.7. The molecule has 2 amide bonds. The summed E-state index contributed by atoms with van der Waals surface area (Å²) < 4.78 is 4.95. The summed E-state index contributed by atoms with van der Waals surface area (Å²) in [6.45, 7) is 0. The maximum atomic E-state index is 12.6. The number of para-hydroxylation sites is 2. The third-order valence-electron chi connectivity index (χ3n) is 5.54. The van der Waals surface area contributed by atoms with Crippen LogP contribution >= 0.6 is 0 Å². The zero-order valence-corrected chi connectivity index (χ0v) is 18.5. The average molecular weight is 449 g/mol. The molecule has 0 bridgehead atoms. The van der Waals surface area contributed by atoms with E-state index in [-0.39, 0.29) is 24.0 Å². The fourth-order valence-corrected chi connectivity index (χ4v) is 3.98. The van der Waals surface area contributed by atoms with Crippen LogP contribution in [-0.4, -0.2) is 30.4 Å². The molecule has 0 aliphatic heterocycles. The summed E-state index contributed by atoms with van der Waals surface area (Å²) in [7, 11) is 1.26. The van der Waals surface area contributed by atoms with E-state index in [1.165, 1.54) is 7.11 Å². The van der Waals surface area contributed by atoms with Gasteiger partial charge in [0.1, 0.15) is 0 Å². The van der Waals surface area contributed by atoms with Gasteiger partial charge in [-0.1, -0.05) is 36.4 Å². The van der Waals surface area contributed by atoms with Gasteiger partial charge in [-0.3, -0.25) is 9.59 Å². The highest BCUT2D eigenvalue weighted by atomic mass is 16.5. The first-order valence-corrected chi connectivity index (χ1v) is 10.6. The molecule has 0 heterocycles. The van der Waals surface area contributed by atoms with Crippen molar-refractivity contribution in [2.75, 3.05) is 17.7 Å². The SMILES string of the molecule is COC(=O)C1=C(C(N)=O)C=C(Nc2ccccc2)C(CCCC(N)=O)(Nc2ccccc2)C1. The van der Waals surface area contributed by atoms with Gasteiger partial charge in [0.2, 0.25) is 11.8 Å². The second kappa shape index (κ2) is 10.5. The lowest BCUT2D eigenvalue weighted by Gasteiger charge is -2.41. The minimum Gasteiger partial charge on any atom is -0.466 e. The second-order valence-electron chi connectivity index (χ2n) is 7.87. The molecule has 8 nitrogen and oxygen atoms in total. The van der Waals surface area contributed by atoms with Crippen molar-refractivity contribution in [3.8, 4) is 0 Å². The molecule has 0 radical (unpaired) electrons. The van der Waals surface area contributed by atoms with Gasteiger partial charge in [0.05, 0.1) is 23.8 Å². The van der Waals surface area contributed by atoms with Crippen molar-refractivity contribution in [1.29, 1.82) is 0 Å². The Morgan fingerprint density at radius 1 is 0.970 bits per heavy atom. The molecular formula is C25H28N4O4. The third kappa shape index (κ3) is 5.79. The fourth-order valence-electron chi connectivity index (χ4n) is 3.98. The molecule has 2 aromatic carbocycles. The number of esters is 1. The van der Waals surface area contributed by atoms with Gasteiger partial charge < -0.3 is 26.8 Å². The predicted molar refractivity (Wildman–Crippen MR) is 127 cm³/mol. The van der Waals surface area contributed by atoms with Gasteiger partial charge in [-0.15, -0.1) is 0 Å². The number of anilines is 2. The molecule has 2 aromatic rings. The third-order valence-corrected chi connectivity index (χ3v) is 5.54. The number of carbonyl (C=O) groups is 3. The zero-order chi connectivity index (χ0) is 23.8. The number of amides is 2. The Bertz CT molecular complexity index is 1080. The highest BCUT2D eigenvalue weighted by Gasteiger charge is 2.42. The van der Waals surface area contributed by atoms with E-state index in [1.807, 2.05) is 60.7 Å². The molecule has 0 saturated carbocycles. The van der Waals surface area contributed by atoms with E-state index in [1.54, 1.807) is 6.08 Å². The van der Waals surface area contributed by atoms with E-state index in [9.17, 15) is 14.4 Å². The number of primary amides is 2. The smallest absolute Gasteiger partial charge is 0.334 e. The number of ether oxygens (including phenoxy) is 1. The minimum absolute atomic E-state index is 0.0840. The molecule has 0 fully saturated rings. The Kier molecular flexibility index (Phi) is 7.50. The summed E-state index contributed by atoms with van der Waals surface area (Å²) in [4.78, 5) is 36.4. The lowest BCUT2D eigenvalue weighted by atomic mass is 9.76. The molecule has 1 atom stereocenters. The van der Waals surface area contributed by atoms with Gasteiger partial charge >= 0.3 is 5.97 Å². The summed E-state index contributed by atoms with van der Waals surface area (Å²) in [6.07, 6.45) is 2.80. The number of nitrogens with two attached hydrogens (primary N) is 2. The first kappa shape index (κ1) is 23.6. The van der Waals surface area contributed by atoms with Gasteiger partial charge in [-0.05, 0) is 43.2 Å². The topological polar surface area (TPSA) is 137 Å². The highest BCUT2D eigenvalue weighted by Crippen LogP contribution is 2.40. The summed E-state index contributed by atoms with van der Waals surface area (Å²) >= 11 is 0. The van der Waals surface area contributed by atoms with Crippen LogP contribution in [0.1, 0.15) is 25.7 Å². The van der Waals surface area contributed by atoms with Crippen LogP contribution in [0.3, 0.4) is 0 Å². The molecule has 3 rings (SSSR count). The summed E-state index contributed by atoms with van der Waals surface area (Å²) in [6, 6.07) is 18.9. The summed E-state index contributed by atoms with van der Waals surface area (Å²) in [5.41, 5.74) is 12.7. The second-order valence-corrected chi connectivity index (χ2v) is 7.87. The molecule has 1 aliphatic carbocycles. The van der Waals surface area contributed by atoms with Crippen molar-refractivity contribution in [2.24, 2.45) is 11.5 Å². The largest absolute Gasteiger partial charge is 0.466 e. The summed E-state index contributed by atoms with van der Waals surface area (Å²) in [5.74, 6) is -1.77. The minimum atomic E-state index is -0.866. The van der Waals surface area contributed by atoms with Crippen LogP contribution in [0.5, 0.6) is 0 Å². The maximum Gasteiger partial charge on any atom is 0.334 e. The molecule has 0 aromatic heterocycles. The average Bonchev–Trinajstić information content (AvgIpc) is 2.80. The van der Waals surface area contributed by atoms with Crippen LogP contribution in [0.25, 0.3) is 0 Å². The Hall–Kier alpha value is -4.07. The molecule has 33 heavy (non-hydrogen) atoms. The molecule has 0 saturated heterocycles. The highest BCUT2D eigenvalue weighted by molar-refractivity contribution is 6.05. The molecule has 6 N–H and O–H groups in total. The van der Waals surface area contributed by atoms with Gasteiger partial charge in [-0.25, -0.2) is 4.79 Å². The van der Waals surface area contributed by atoms with E-state index in [2.05, 4.69) is 10.6 Å². The van der Waals surface area contributed by atoms with E-state index in [4.69, 9.17) is 16.2 Å². The van der Waals surface area contributed by atoms with E-state index >= 15 is 0 Å². The van der Waals surface area contributed by atoms with Crippen LogP contribution in [0.4, 0.5) is 11.4 Å². The fraction of sp³-hybridized carbons (Fsp3) is 0.240. The molecular weight excluding hydrogens is 420 g/mol. The Morgan fingerprint density at radius 3 is 2.12 bits per heavy atom. The number of rotatable bonds is 10. The van der Waals surface area contributed by atoms with E-state index < -0.39 is 23.3 Å². The molecule has 8 heteroatoms. The number of hydrogen-bond donors (Lipinski definition) is 4. The number of carbonyl (C=O) groups excluding carboxylic acids is 3. The van der Waals surface area contributed by atoms with Crippen LogP contribution in [0, 0.1) is 0 Å². The zero-order valence-electron chi connectivity index (χ0n) is 18.5. The van der Waals surface area contributed by atoms with Crippen molar-refractivity contribution in [2.45, 2.75) is 31.2 Å². The van der Waals surface area contributed by atoms with Gasteiger partial charge in [-0.2, -0.15) is 0 Å². The number of hydrogen-bond acceptors (Lipinski definition) is 6. The van der Waals surface area contributed by atoms with E-state index in [0.717, 1.165) is 11.4 Å². The first-order valence-electron chi connectivity index (χ1n) is 10.6. The van der Waals surface area contributed by atoms with Gasteiger partial charge in [0.15, 0.2) is 0 Å². The van der Waals surface area contributed by atoms with Crippen molar-refractivity contribution in [1.82, 2.24) is 0 Å². The van der Waals surface area contributed by atoms with E-state index in [0.29, 0.717) is 18.5 Å². The maximum absolute atomic E-state index is 12.6. The van der Waals surface area contributed by atoms with Crippen LogP contribution in [0.2, 0.25) is 0 Å². The number of benzene rings is 2. The lowest BCUT2D eigenvalue weighted by molar-refractivity contribution is -0.136. The first-order chi connectivity index (χ1) is 15.8. The van der Waals surface area contributed by atoms with Crippen LogP contribution < -0.4 is 22.1 Å². The van der Waals surface area contributed by atoms with Crippen LogP contribution in [0.15, 0.2) is 83.6 Å². The Balaban J connectivity index is 2.14. The Morgan fingerprint density at radius 2 is 1.58 bits per heavy atom. The van der Waals surface area contributed by atoms with Crippen molar-refractivity contribution >= 4 is 29.2 Å². The van der Waals surface area contributed by atoms with Crippen molar-refractivity contribution in [3.05, 3.63) is 83.6 Å². The monoisotopic (exact) mass is 448 g/mol. The van der Waals surface area contributed by atoms with Gasteiger partial charge in [0.25, 0.3) is 0 Å². The van der Waals surface area contributed by atoms with Gasteiger partial charge in [0, 0.05) is 29.9 Å².